The van der Waals surface area contributed by atoms with Gasteiger partial charge in [-0.3, -0.25) is 24.1 Å². The molecule has 2 aromatic rings. The van der Waals surface area contributed by atoms with E-state index in [1.165, 1.54) is 0 Å². The van der Waals surface area contributed by atoms with Crippen molar-refractivity contribution in [1.82, 2.24) is 15.6 Å². The minimum atomic E-state index is -0.772. The number of hydrogen-bond donors (Lipinski definition) is 2. The van der Waals surface area contributed by atoms with Crippen LogP contribution in [0.25, 0.3) is 0 Å². The summed E-state index contributed by atoms with van der Waals surface area (Å²) in [6, 6.07) is 14.5. The number of amides is 4. The van der Waals surface area contributed by atoms with Crippen molar-refractivity contribution in [3.8, 4) is 0 Å². The molecule has 0 radical (unpaired) electrons. The summed E-state index contributed by atoms with van der Waals surface area (Å²) in [5.41, 5.74) is 4.16. The Bertz CT molecular complexity index is 1040. The zero-order valence-electron chi connectivity index (χ0n) is 18.5. The van der Waals surface area contributed by atoms with E-state index in [0.29, 0.717) is 41.0 Å². The van der Waals surface area contributed by atoms with Crippen LogP contribution in [0, 0.1) is 0 Å². The number of nitrogens with one attached hydrogen (secondary N) is 2. The van der Waals surface area contributed by atoms with Gasteiger partial charge in [-0.05, 0) is 49.1 Å². The van der Waals surface area contributed by atoms with Gasteiger partial charge in [0.15, 0.2) is 0 Å². The van der Waals surface area contributed by atoms with Crippen molar-refractivity contribution in [2.45, 2.75) is 25.8 Å². The minimum absolute atomic E-state index is 0.0189. The summed E-state index contributed by atoms with van der Waals surface area (Å²) in [6.07, 6.45) is 2.78. The first-order chi connectivity index (χ1) is 16.0. The van der Waals surface area contributed by atoms with Crippen molar-refractivity contribution in [2.75, 3.05) is 18.6 Å². The zero-order valence-corrected chi connectivity index (χ0v) is 19.4. The molecule has 33 heavy (non-hydrogen) atoms. The number of fused-ring (bicyclic) bond motifs is 1. The number of carbonyl (C=O) groups is 4. The van der Waals surface area contributed by atoms with Gasteiger partial charge < -0.3 is 5.32 Å². The maximum absolute atomic E-state index is 12.8. The van der Waals surface area contributed by atoms with E-state index in [-0.39, 0.29) is 24.3 Å². The quantitative estimate of drug-likeness (QED) is 0.318. The zero-order chi connectivity index (χ0) is 23.8. The lowest BCUT2D eigenvalue weighted by Gasteiger charge is -2.18. The predicted molar refractivity (Wildman–Crippen MR) is 128 cm³/mol. The highest BCUT2D eigenvalue weighted by molar-refractivity contribution is 7.98. The minimum Gasteiger partial charge on any atom is -0.340 e. The second kappa shape index (κ2) is 11.4. The van der Waals surface area contributed by atoms with Gasteiger partial charge in [-0.25, -0.2) is 5.43 Å². The number of benzene rings is 2. The molecule has 0 fully saturated rings. The van der Waals surface area contributed by atoms with Crippen LogP contribution in [0.5, 0.6) is 0 Å². The third-order valence-electron chi connectivity index (χ3n) is 5.22. The van der Waals surface area contributed by atoms with E-state index in [0.717, 1.165) is 4.90 Å². The van der Waals surface area contributed by atoms with E-state index in [1.807, 2.05) is 19.2 Å². The van der Waals surface area contributed by atoms with Gasteiger partial charge in [-0.15, -0.1) is 0 Å². The molecular weight excluding hydrogens is 440 g/mol. The topological polar surface area (TPSA) is 108 Å². The van der Waals surface area contributed by atoms with Crippen molar-refractivity contribution < 1.29 is 19.2 Å². The van der Waals surface area contributed by atoms with Crippen LogP contribution < -0.4 is 10.7 Å². The Morgan fingerprint density at radius 2 is 1.61 bits per heavy atom. The molecule has 172 valence electrons. The fourth-order valence-corrected chi connectivity index (χ4v) is 3.81. The Hall–Kier alpha value is -3.46. The van der Waals surface area contributed by atoms with Crippen LogP contribution in [0.1, 0.15) is 50.8 Å². The van der Waals surface area contributed by atoms with Gasteiger partial charge in [0.05, 0.1) is 23.4 Å². The molecule has 0 aromatic heterocycles. The predicted octanol–water partition coefficient (Wildman–Crippen LogP) is 2.72. The van der Waals surface area contributed by atoms with Crippen LogP contribution in [-0.4, -0.2) is 58.8 Å². The number of hydrogen-bond acceptors (Lipinski definition) is 6. The van der Waals surface area contributed by atoms with Crippen molar-refractivity contribution in [3.05, 3.63) is 71.3 Å². The van der Waals surface area contributed by atoms with Crippen LogP contribution in [0.3, 0.4) is 0 Å². The monoisotopic (exact) mass is 466 g/mol. The molecule has 1 atom stereocenters. The van der Waals surface area contributed by atoms with Crippen LogP contribution in [0.4, 0.5) is 0 Å². The average molecular weight is 467 g/mol. The highest BCUT2D eigenvalue weighted by Crippen LogP contribution is 2.22. The SMILES string of the molecule is CC/C(CN1C(=O)c2ccccc2C1=O)=N\NC(=O)C(CCSC)NC(=O)c1ccccc1. The lowest BCUT2D eigenvalue weighted by Crippen LogP contribution is -2.46. The van der Waals surface area contributed by atoms with E-state index in [4.69, 9.17) is 0 Å². The smallest absolute Gasteiger partial charge is 0.262 e. The van der Waals surface area contributed by atoms with E-state index >= 15 is 0 Å². The van der Waals surface area contributed by atoms with Crippen LogP contribution in [0.2, 0.25) is 0 Å². The molecule has 1 aliphatic rings. The molecule has 0 aliphatic carbocycles. The molecular formula is C24H26N4O4S. The Kier molecular flexibility index (Phi) is 8.37. The van der Waals surface area contributed by atoms with Crippen molar-refractivity contribution in [2.24, 2.45) is 5.10 Å². The number of hydrazone groups is 1. The third kappa shape index (κ3) is 5.87. The molecule has 1 heterocycles. The lowest BCUT2D eigenvalue weighted by molar-refractivity contribution is -0.123. The molecule has 8 nitrogen and oxygen atoms in total. The number of imide groups is 1. The summed E-state index contributed by atoms with van der Waals surface area (Å²) in [5.74, 6) is -0.886. The lowest BCUT2D eigenvalue weighted by atomic mass is 10.1. The van der Waals surface area contributed by atoms with E-state index in [9.17, 15) is 19.2 Å². The van der Waals surface area contributed by atoms with Gasteiger partial charge >= 0.3 is 0 Å². The Morgan fingerprint density at radius 1 is 1.00 bits per heavy atom. The highest BCUT2D eigenvalue weighted by atomic mass is 32.2. The largest absolute Gasteiger partial charge is 0.340 e. The van der Waals surface area contributed by atoms with Crippen molar-refractivity contribution in [1.29, 1.82) is 0 Å². The Morgan fingerprint density at radius 3 is 2.18 bits per heavy atom. The number of nitrogens with zero attached hydrogens (tertiary/aromatic N) is 2. The molecule has 9 heteroatoms. The fourth-order valence-electron chi connectivity index (χ4n) is 3.34. The second-order valence-corrected chi connectivity index (χ2v) is 8.41. The summed E-state index contributed by atoms with van der Waals surface area (Å²) < 4.78 is 0. The summed E-state index contributed by atoms with van der Waals surface area (Å²) in [4.78, 5) is 51.6. The van der Waals surface area contributed by atoms with Crippen LogP contribution >= 0.6 is 11.8 Å². The van der Waals surface area contributed by atoms with Gasteiger partial charge in [0.2, 0.25) is 0 Å². The summed E-state index contributed by atoms with van der Waals surface area (Å²) in [6.45, 7) is 1.81. The molecule has 4 amide bonds. The summed E-state index contributed by atoms with van der Waals surface area (Å²) in [7, 11) is 0. The standard InChI is InChI=1S/C24H26N4O4S/c1-3-17(15-28-23(31)18-11-7-8-12-19(18)24(28)32)26-27-22(30)20(13-14-33-2)25-21(29)16-9-5-4-6-10-16/h4-12,20H,3,13-15H2,1-2H3,(H,25,29)(H,27,30)/b26-17+. The molecule has 0 saturated carbocycles. The molecule has 1 unspecified atom stereocenters. The maximum atomic E-state index is 12.8. The van der Waals surface area contributed by atoms with E-state index in [2.05, 4.69) is 15.8 Å². The second-order valence-electron chi connectivity index (χ2n) is 7.42. The van der Waals surface area contributed by atoms with Crippen LogP contribution in [0.15, 0.2) is 59.7 Å². The van der Waals surface area contributed by atoms with E-state index in [1.54, 1.807) is 60.3 Å². The maximum Gasteiger partial charge on any atom is 0.262 e. The van der Waals surface area contributed by atoms with Crippen LogP contribution in [-0.2, 0) is 4.79 Å². The molecule has 1 aliphatic heterocycles. The number of carbonyl (C=O) groups excluding carboxylic acids is 4. The number of thioether (sulfide) groups is 1. The number of rotatable bonds is 10. The van der Waals surface area contributed by atoms with E-state index < -0.39 is 11.9 Å². The molecule has 0 spiro atoms. The average Bonchev–Trinajstić information content (AvgIpc) is 3.09. The van der Waals surface area contributed by atoms with Gasteiger partial charge in [-0.2, -0.15) is 16.9 Å². The molecule has 0 saturated heterocycles. The van der Waals surface area contributed by atoms with Crippen molar-refractivity contribution in [3.63, 3.8) is 0 Å². The summed E-state index contributed by atoms with van der Waals surface area (Å²) in [5, 5.41) is 6.92. The third-order valence-corrected chi connectivity index (χ3v) is 5.86. The molecule has 2 aromatic carbocycles. The molecule has 0 bridgehead atoms. The highest BCUT2D eigenvalue weighted by Gasteiger charge is 2.35. The van der Waals surface area contributed by atoms with Gasteiger partial charge in [0, 0.05) is 5.56 Å². The van der Waals surface area contributed by atoms with Gasteiger partial charge in [-0.1, -0.05) is 37.3 Å². The first-order valence-corrected chi connectivity index (χ1v) is 12.0. The van der Waals surface area contributed by atoms with Gasteiger partial charge in [0.25, 0.3) is 23.6 Å². The summed E-state index contributed by atoms with van der Waals surface area (Å²) >= 11 is 1.57. The molecule has 3 rings (SSSR count). The normalized spacial score (nSPS) is 14.1. The van der Waals surface area contributed by atoms with Crippen molar-refractivity contribution >= 4 is 41.1 Å². The first kappa shape index (κ1) is 24.2. The first-order valence-electron chi connectivity index (χ1n) is 10.6. The Labute approximate surface area is 196 Å². The Balaban J connectivity index is 1.66. The van der Waals surface area contributed by atoms with Gasteiger partial charge in [0.1, 0.15) is 6.04 Å². The fraction of sp³-hybridized carbons (Fsp3) is 0.292. The molecule has 2 N–H and O–H groups in total.